The van der Waals surface area contributed by atoms with Gasteiger partial charge < -0.3 is 14.8 Å². The first-order valence-corrected chi connectivity index (χ1v) is 7.47. The number of hydrogen-bond acceptors (Lipinski definition) is 4. The van der Waals surface area contributed by atoms with Gasteiger partial charge in [0, 0.05) is 29.3 Å². The molecule has 1 amide bonds. The molecule has 0 heterocycles. The quantitative estimate of drug-likeness (QED) is 0.506. The molecule has 2 aromatic rings. The third-order valence-corrected chi connectivity index (χ3v) is 3.22. The Morgan fingerprint density at radius 2 is 1.83 bits per heavy atom. The van der Waals surface area contributed by atoms with Gasteiger partial charge in [-0.05, 0) is 48.5 Å². The second-order valence-corrected chi connectivity index (χ2v) is 5.28. The number of rotatable bonds is 5. The van der Waals surface area contributed by atoms with Gasteiger partial charge >= 0.3 is 5.97 Å². The van der Waals surface area contributed by atoms with E-state index in [0.717, 1.165) is 0 Å². The van der Waals surface area contributed by atoms with Crippen molar-refractivity contribution in [3.05, 3.63) is 59.1 Å². The monoisotopic (exact) mass is 345 g/mol. The number of hydrogen-bond donors (Lipinski definition) is 1. The highest BCUT2D eigenvalue weighted by Gasteiger charge is 2.04. The van der Waals surface area contributed by atoms with Gasteiger partial charge in [0.15, 0.2) is 0 Å². The van der Waals surface area contributed by atoms with Gasteiger partial charge in [-0.1, -0.05) is 11.6 Å². The van der Waals surface area contributed by atoms with Crippen LogP contribution >= 0.6 is 11.6 Å². The van der Waals surface area contributed by atoms with E-state index in [0.29, 0.717) is 27.8 Å². The van der Waals surface area contributed by atoms with E-state index < -0.39 is 5.97 Å². The van der Waals surface area contributed by atoms with E-state index >= 15 is 0 Å². The van der Waals surface area contributed by atoms with Crippen LogP contribution in [0.3, 0.4) is 0 Å². The van der Waals surface area contributed by atoms with Crippen molar-refractivity contribution >= 4 is 35.2 Å². The zero-order valence-corrected chi connectivity index (χ0v) is 14.0. The van der Waals surface area contributed by atoms with Gasteiger partial charge in [0.1, 0.15) is 11.5 Å². The Morgan fingerprint density at radius 1 is 1.12 bits per heavy atom. The van der Waals surface area contributed by atoms with E-state index in [1.165, 1.54) is 20.1 Å². The minimum absolute atomic E-state index is 0.168. The van der Waals surface area contributed by atoms with Crippen molar-refractivity contribution in [2.75, 3.05) is 12.4 Å². The van der Waals surface area contributed by atoms with Gasteiger partial charge in [0.05, 0.1) is 7.11 Å². The Kier molecular flexibility index (Phi) is 5.98. The average Bonchev–Trinajstić information content (AvgIpc) is 2.54. The number of carbonyl (C=O) groups excluding carboxylic acids is 2. The van der Waals surface area contributed by atoms with Gasteiger partial charge in [-0.3, -0.25) is 4.79 Å². The zero-order chi connectivity index (χ0) is 17.5. The lowest BCUT2D eigenvalue weighted by Crippen LogP contribution is -2.06. The van der Waals surface area contributed by atoms with E-state index in [-0.39, 0.29) is 5.91 Å². The number of methoxy groups -OCH3 is 1. The van der Waals surface area contributed by atoms with E-state index in [4.69, 9.17) is 21.1 Å². The smallest absolute Gasteiger partial charge is 0.336 e. The van der Waals surface area contributed by atoms with Crippen LogP contribution in [0.4, 0.5) is 5.69 Å². The lowest BCUT2D eigenvalue weighted by atomic mass is 10.2. The molecule has 0 bridgehead atoms. The maximum Gasteiger partial charge on any atom is 0.336 e. The number of amides is 1. The number of halogens is 1. The third kappa shape index (κ3) is 5.14. The lowest BCUT2D eigenvalue weighted by molar-refractivity contribution is -0.128. The summed E-state index contributed by atoms with van der Waals surface area (Å²) in [7, 11) is 1.54. The molecule has 5 nitrogen and oxygen atoms in total. The van der Waals surface area contributed by atoms with Crippen molar-refractivity contribution in [3.63, 3.8) is 0 Å². The van der Waals surface area contributed by atoms with Crippen LogP contribution in [0.25, 0.3) is 6.08 Å². The number of nitrogens with one attached hydrogen (secondary N) is 1. The molecular formula is C18H16ClNO4. The molecule has 0 aliphatic heterocycles. The fourth-order valence-corrected chi connectivity index (χ4v) is 2.13. The molecule has 0 radical (unpaired) electrons. The molecule has 0 saturated heterocycles. The maximum atomic E-state index is 11.9. The van der Waals surface area contributed by atoms with E-state index in [1.54, 1.807) is 48.5 Å². The molecule has 0 fully saturated rings. The summed E-state index contributed by atoms with van der Waals surface area (Å²) in [6, 6.07) is 11.6. The number of benzene rings is 2. The Balaban J connectivity index is 2.02. The Hall–Kier alpha value is -2.79. The summed E-state index contributed by atoms with van der Waals surface area (Å²) in [5, 5.41) is 3.17. The van der Waals surface area contributed by atoms with Crippen LogP contribution in [0.5, 0.6) is 11.5 Å². The summed E-state index contributed by atoms with van der Waals surface area (Å²) >= 11 is 5.93. The summed E-state index contributed by atoms with van der Waals surface area (Å²) in [5.41, 5.74) is 1.30. The van der Waals surface area contributed by atoms with Crippen LogP contribution in [0, 0.1) is 0 Å². The van der Waals surface area contributed by atoms with Crippen LogP contribution in [0.1, 0.15) is 12.5 Å². The van der Waals surface area contributed by atoms with Crippen molar-refractivity contribution in [2.45, 2.75) is 6.92 Å². The number of anilines is 1. The van der Waals surface area contributed by atoms with Crippen LogP contribution in [-0.2, 0) is 9.59 Å². The molecule has 0 aliphatic rings. The van der Waals surface area contributed by atoms with Crippen LogP contribution < -0.4 is 14.8 Å². The molecule has 0 spiro atoms. The molecule has 0 aromatic heterocycles. The molecule has 0 unspecified atom stereocenters. The van der Waals surface area contributed by atoms with Crippen LogP contribution in [0.15, 0.2) is 48.5 Å². The number of ether oxygens (including phenoxy) is 2. The van der Waals surface area contributed by atoms with Gasteiger partial charge in [-0.15, -0.1) is 0 Å². The highest BCUT2D eigenvalue weighted by atomic mass is 35.5. The summed E-state index contributed by atoms with van der Waals surface area (Å²) in [4.78, 5) is 22.8. The largest absolute Gasteiger partial charge is 0.496 e. The fourth-order valence-electron chi connectivity index (χ4n) is 1.95. The molecule has 2 aromatic carbocycles. The second kappa shape index (κ2) is 8.17. The van der Waals surface area contributed by atoms with Crippen molar-refractivity contribution in [2.24, 2.45) is 0 Å². The van der Waals surface area contributed by atoms with Crippen molar-refractivity contribution < 1.29 is 19.1 Å². The Labute approximate surface area is 144 Å². The Morgan fingerprint density at radius 3 is 2.46 bits per heavy atom. The predicted octanol–water partition coefficient (Wildman–Crippen LogP) is 3.93. The van der Waals surface area contributed by atoms with Crippen LogP contribution in [-0.4, -0.2) is 19.0 Å². The van der Waals surface area contributed by atoms with E-state index in [9.17, 15) is 9.59 Å². The highest BCUT2D eigenvalue weighted by Crippen LogP contribution is 2.24. The standard InChI is InChI=1S/C18H16ClNO4/c1-12(21)20-15-5-7-16(8-6-15)24-18(22)10-3-13-11-14(19)4-9-17(13)23-2/h3-11H,1-2H3,(H,20,21). The summed E-state index contributed by atoms with van der Waals surface area (Å²) in [6.07, 6.45) is 2.86. The van der Waals surface area contributed by atoms with Crippen molar-refractivity contribution in [1.82, 2.24) is 0 Å². The molecule has 0 saturated carbocycles. The topological polar surface area (TPSA) is 64.6 Å². The average molecular weight is 346 g/mol. The molecule has 6 heteroatoms. The summed E-state index contributed by atoms with van der Waals surface area (Å²) in [6.45, 7) is 1.42. The maximum absolute atomic E-state index is 11.9. The van der Waals surface area contributed by atoms with Crippen molar-refractivity contribution in [3.8, 4) is 11.5 Å². The SMILES string of the molecule is COc1ccc(Cl)cc1C=CC(=O)Oc1ccc(NC(C)=O)cc1. The minimum Gasteiger partial charge on any atom is -0.496 e. The van der Waals surface area contributed by atoms with E-state index in [2.05, 4.69) is 5.32 Å². The lowest BCUT2D eigenvalue weighted by Gasteiger charge is -2.05. The van der Waals surface area contributed by atoms with Crippen LogP contribution in [0.2, 0.25) is 5.02 Å². The van der Waals surface area contributed by atoms with Gasteiger partial charge in [-0.25, -0.2) is 4.79 Å². The van der Waals surface area contributed by atoms with Gasteiger partial charge in [0.2, 0.25) is 5.91 Å². The predicted molar refractivity (Wildman–Crippen MR) is 93.4 cm³/mol. The van der Waals surface area contributed by atoms with Crippen molar-refractivity contribution in [1.29, 1.82) is 0 Å². The molecule has 1 N–H and O–H groups in total. The molecule has 124 valence electrons. The third-order valence-electron chi connectivity index (χ3n) is 2.98. The first-order valence-electron chi connectivity index (χ1n) is 7.09. The number of esters is 1. The first kappa shape index (κ1) is 17.6. The minimum atomic E-state index is -0.538. The normalized spacial score (nSPS) is 10.5. The fraction of sp³-hybridized carbons (Fsp3) is 0.111. The second-order valence-electron chi connectivity index (χ2n) is 4.85. The number of carbonyl (C=O) groups is 2. The molecular weight excluding hydrogens is 330 g/mol. The Bertz CT molecular complexity index is 769. The first-order chi connectivity index (χ1) is 11.5. The van der Waals surface area contributed by atoms with Gasteiger partial charge in [0.25, 0.3) is 0 Å². The molecule has 0 aliphatic carbocycles. The highest BCUT2D eigenvalue weighted by molar-refractivity contribution is 6.30. The summed E-state index contributed by atoms with van der Waals surface area (Å²) < 4.78 is 10.4. The molecule has 24 heavy (non-hydrogen) atoms. The summed E-state index contributed by atoms with van der Waals surface area (Å²) in [5.74, 6) is 0.266. The van der Waals surface area contributed by atoms with Gasteiger partial charge in [-0.2, -0.15) is 0 Å². The molecule has 0 atom stereocenters. The zero-order valence-electron chi connectivity index (χ0n) is 13.2. The van der Waals surface area contributed by atoms with E-state index in [1.807, 2.05) is 0 Å². The molecule has 2 rings (SSSR count).